The molecule has 0 saturated heterocycles. The molecule has 0 bridgehead atoms. The highest BCUT2D eigenvalue weighted by atomic mass is 35.5. The first-order valence-electron chi connectivity index (χ1n) is 6.99. The molecule has 0 fully saturated rings. The molecule has 1 heterocycles. The second kappa shape index (κ2) is 8.08. The van der Waals surface area contributed by atoms with Crippen LogP contribution in [0.3, 0.4) is 0 Å². The van der Waals surface area contributed by atoms with Crippen molar-refractivity contribution in [1.29, 1.82) is 0 Å². The van der Waals surface area contributed by atoms with Crippen LogP contribution in [-0.4, -0.2) is 22.2 Å². The van der Waals surface area contributed by atoms with Gasteiger partial charge in [-0.05, 0) is 36.8 Å². The number of thioether (sulfide) groups is 1. The standard InChI is InChI=1S/C16H16ClNO4S/c1-2-14(23-9-11-4-3-7-22-11)15(19)18-10-5-6-13(17)12(8-10)16(20)21/h3-8,14H,2,9H2,1H3,(H,18,19)(H,20,21). The van der Waals surface area contributed by atoms with Crippen LogP contribution in [0, 0.1) is 0 Å². The van der Waals surface area contributed by atoms with Crippen LogP contribution in [0.15, 0.2) is 41.0 Å². The van der Waals surface area contributed by atoms with Crippen molar-refractivity contribution in [2.75, 3.05) is 5.32 Å². The van der Waals surface area contributed by atoms with Crippen LogP contribution in [0.1, 0.15) is 29.5 Å². The maximum Gasteiger partial charge on any atom is 0.337 e. The molecule has 1 atom stereocenters. The van der Waals surface area contributed by atoms with E-state index in [4.69, 9.17) is 21.1 Å². The van der Waals surface area contributed by atoms with Crippen molar-refractivity contribution in [3.63, 3.8) is 0 Å². The maximum absolute atomic E-state index is 12.3. The Bertz CT molecular complexity index is 687. The average molecular weight is 354 g/mol. The van der Waals surface area contributed by atoms with E-state index in [1.807, 2.05) is 13.0 Å². The van der Waals surface area contributed by atoms with Gasteiger partial charge in [0.1, 0.15) is 5.76 Å². The lowest BCUT2D eigenvalue weighted by Crippen LogP contribution is -2.24. The van der Waals surface area contributed by atoms with Crippen LogP contribution in [0.4, 0.5) is 5.69 Å². The normalized spacial score (nSPS) is 11.9. The van der Waals surface area contributed by atoms with Crippen LogP contribution < -0.4 is 5.32 Å². The van der Waals surface area contributed by atoms with E-state index in [-0.39, 0.29) is 21.7 Å². The van der Waals surface area contributed by atoms with Crippen molar-refractivity contribution >= 4 is 40.9 Å². The number of hydrogen-bond acceptors (Lipinski definition) is 4. The van der Waals surface area contributed by atoms with E-state index in [9.17, 15) is 9.59 Å². The molecule has 2 aromatic rings. The number of carbonyl (C=O) groups excluding carboxylic acids is 1. The number of benzene rings is 1. The predicted octanol–water partition coefficient (Wildman–Crippen LogP) is 4.28. The number of aromatic carboxylic acids is 1. The summed E-state index contributed by atoms with van der Waals surface area (Å²) in [7, 11) is 0. The molecule has 0 spiro atoms. The monoisotopic (exact) mass is 353 g/mol. The van der Waals surface area contributed by atoms with Crippen molar-refractivity contribution < 1.29 is 19.1 Å². The zero-order valence-corrected chi connectivity index (χ0v) is 14.0. The van der Waals surface area contributed by atoms with Gasteiger partial charge in [-0.15, -0.1) is 11.8 Å². The first-order chi connectivity index (χ1) is 11.0. The summed E-state index contributed by atoms with van der Waals surface area (Å²) >= 11 is 7.29. The molecule has 1 aromatic heterocycles. The third kappa shape index (κ3) is 4.77. The third-order valence-corrected chi connectivity index (χ3v) is 4.86. The minimum absolute atomic E-state index is 0.0410. The zero-order chi connectivity index (χ0) is 16.8. The smallest absolute Gasteiger partial charge is 0.337 e. The van der Waals surface area contributed by atoms with E-state index in [1.54, 1.807) is 18.4 Å². The minimum atomic E-state index is -1.13. The largest absolute Gasteiger partial charge is 0.478 e. The molecule has 5 nitrogen and oxygen atoms in total. The Labute approximate surface area is 143 Å². The molecule has 1 amide bonds. The van der Waals surface area contributed by atoms with E-state index >= 15 is 0 Å². The lowest BCUT2D eigenvalue weighted by Gasteiger charge is -2.14. The van der Waals surface area contributed by atoms with Crippen molar-refractivity contribution in [2.24, 2.45) is 0 Å². The summed E-state index contributed by atoms with van der Waals surface area (Å²) in [6.45, 7) is 1.92. The van der Waals surface area contributed by atoms with Crippen LogP contribution >= 0.6 is 23.4 Å². The molecule has 23 heavy (non-hydrogen) atoms. The van der Waals surface area contributed by atoms with Crippen LogP contribution in [0.5, 0.6) is 0 Å². The van der Waals surface area contributed by atoms with Gasteiger partial charge in [0.15, 0.2) is 0 Å². The minimum Gasteiger partial charge on any atom is -0.478 e. The van der Waals surface area contributed by atoms with Gasteiger partial charge in [-0.2, -0.15) is 0 Å². The summed E-state index contributed by atoms with van der Waals surface area (Å²) in [6, 6.07) is 8.05. The number of furan rings is 1. The summed E-state index contributed by atoms with van der Waals surface area (Å²) in [5, 5.41) is 11.7. The van der Waals surface area contributed by atoms with Crippen molar-refractivity contribution in [3.8, 4) is 0 Å². The fraction of sp³-hybridized carbons (Fsp3) is 0.250. The van der Waals surface area contributed by atoms with Gasteiger partial charge in [0, 0.05) is 5.69 Å². The van der Waals surface area contributed by atoms with Gasteiger partial charge in [-0.25, -0.2) is 4.79 Å². The molecule has 0 aliphatic carbocycles. The topological polar surface area (TPSA) is 79.5 Å². The Hall–Kier alpha value is -1.92. The molecular weight excluding hydrogens is 338 g/mol. The van der Waals surface area contributed by atoms with Gasteiger partial charge in [0.25, 0.3) is 0 Å². The number of halogens is 1. The second-order valence-electron chi connectivity index (χ2n) is 4.78. The van der Waals surface area contributed by atoms with Gasteiger partial charge in [-0.1, -0.05) is 18.5 Å². The lowest BCUT2D eigenvalue weighted by atomic mass is 10.2. The first kappa shape index (κ1) is 17.4. The summed E-state index contributed by atoms with van der Waals surface area (Å²) < 4.78 is 5.25. The molecule has 7 heteroatoms. The van der Waals surface area contributed by atoms with Crippen LogP contribution in [0.25, 0.3) is 0 Å². The number of carbonyl (C=O) groups is 2. The number of carboxylic acid groups (broad SMARTS) is 1. The summed E-state index contributed by atoms with van der Waals surface area (Å²) in [4.78, 5) is 23.4. The number of carboxylic acids is 1. The van der Waals surface area contributed by atoms with Gasteiger partial charge < -0.3 is 14.8 Å². The lowest BCUT2D eigenvalue weighted by molar-refractivity contribution is -0.115. The van der Waals surface area contributed by atoms with E-state index < -0.39 is 5.97 Å². The molecule has 1 aromatic carbocycles. The van der Waals surface area contributed by atoms with Gasteiger partial charge in [0.05, 0.1) is 27.9 Å². The number of anilines is 1. The van der Waals surface area contributed by atoms with E-state index in [2.05, 4.69) is 5.32 Å². The fourth-order valence-electron chi connectivity index (χ4n) is 1.95. The molecule has 122 valence electrons. The van der Waals surface area contributed by atoms with Crippen molar-refractivity contribution in [2.45, 2.75) is 24.3 Å². The Kier molecular flexibility index (Phi) is 6.12. The maximum atomic E-state index is 12.3. The molecule has 0 saturated carbocycles. The van der Waals surface area contributed by atoms with E-state index in [0.717, 1.165) is 5.76 Å². The highest BCUT2D eigenvalue weighted by molar-refractivity contribution is 7.99. The SMILES string of the molecule is CCC(SCc1ccco1)C(=O)Nc1ccc(Cl)c(C(=O)O)c1. The number of hydrogen-bond donors (Lipinski definition) is 2. The molecule has 2 rings (SSSR count). The quantitative estimate of drug-likeness (QED) is 0.776. The first-order valence-corrected chi connectivity index (χ1v) is 8.41. The number of amides is 1. The Morgan fingerprint density at radius 1 is 1.39 bits per heavy atom. The van der Waals surface area contributed by atoms with E-state index in [0.29, 0.717) is 17.9 Å². The number of rotatable bonds is 7. The Morgan fingerprint density at radius 3 is 2.78 bits per heavy atom. The second-order valence-corrected chi connectivity index (χ2v) is 6.37. The predicted molar refractivity (Wildman–Crippen MR) is 91.1 cm³/mol. The van der Waals surface area contributed by atoms with E-state index in [1.165, 1.54) is 23.9 Å². The molecule has 0 aliphatic rings. The average Bonchev–Trinajstić information content (AvgIpc) is 3.03. The van der Waals surface area contributed by atoms with Crippen LogP contribution in [0.2, 0.25) is 5.02 Å². The highest BCUT2D eigenvalue weighted by Crippen LogP contribution is 2.24. The van der Waals surface area contributed by atoms with Crippen molar-refractivity contribution in [3.05, 3.63) is 52.9 Å². The van der Waals surface area contributed by atoms with Gasteiger partial charge in [-0.3, -0.25) is 4.79 Å². The van der Waals surface area contributed by atoms with Gasteiger partial charge >= 0.3 is 5.97 Å². The number of nitrogens with one attached hydrogen (secondary N) is 1. The molecule has 0 aliphatic heterocycles. The summed E-state index contributed by atoms with van der Waals surface area (Å²) in [5.74, 6) is 0.0915. The fourth-order valence-corrected chi connectivity index (χ4v) is 3.12. The molecule has 0 radical (unpaired) electrons. The van der Waals surface area contributed by atoms with Crippen LogP contribution in [-0.2, 0) is 10.5 Å². The molecule has 2 N–H and O–H groups in total. The Balaban J connectivity index is 2.01. The van der Waals surface area contributed by atoms with Crippen molar-refractivity contribution in [1.82, 2.24) is 0 Å². The molecule has 1 unspecified atom stereocenters. The Morgan fingerprint density at radius 2 is 2.17 bits per heavy atom. The third-order valence-electron chi connectivity index (χ3n) is 3.13. The summed E-state index contributed by atoms with van der Waals surface area (Å²) in [5.41, 5.74) is 0.370. The van der Waals surface area contributed by atoms with Gasteiger partial charge in [0.2, 0.25) is 5.91 Å². The summed E-state index contributed by atoms with van der Waals surface area (Å²) in [6.07, 6.45) is 2.24. The zero-order valence-electron chi connectivity index (χ0n) is 12.4. The highest BCUT2D eigenvalue weighted by Gasteiger charge is 2.19. The molecular formula is C16H16ClNO4S.